The smallest absolute Gasteiger partial charge is 0.264 e. The minimum Gasteiger partial charge on any atom is -0.324 e. The molecule has 0 aliphatic heterocycles. The molecule has 0 bridgehead atoms. The van der Waals surface area contributed by atoms with Gasteiger partial charge in [-0.1, -0.05) is 80.4 Å². The quantitative estimate of drug-likeness (QED) is 0.279. The highest BCUT2D eigenvalue weighted by Crippen LogP contribution is 2.29. The van der Waals surface area contributed by atoms with Gasteiger partial charge in [0.15, 0.2) is 0 Å². The molecule has 2 amide bonds. The van der Waals surface area contributed by atoms with Crippen LogP contribution in [0.4, 0.5) is 5.82 Å². The molecule has 186 valence electrons. The molecule has 0 aliphatic rings. The van der Waals surface area contributed by atoms with Crippen LogP contribution in [0.15, 0.2) is 72.1 Å². The maximum absolute atomic E-state index is 13.3. The summed E-state index contributed by atoms with van der Waals surface area (Å²) in [6.07, 6.45) is 0. The summed E-state index contributed by atoms with van der Waals surface area (Å²) in [7, 11) is 0. The van der Waals surface area contributed by atoms with Gasteiger partial charge in [0.05, 0.1) is 26.3 Å². The van der Waals surface area contributed by atoms with Crippen LogP contribution in [0.1, 0.15) is 41.7 Å². The summed E-state index contributed by atoms with van der Waals surface area (Å²) in [4.78, 5) is 28.6. The lowest BCUT2D eigenvalue weighted by molar-refractivity contribution is -0.117. The third-order valence-corrected chi connectivity index (χ3v) is 7.06. The summed E-state index contributed by atoms with van der Waals surface area (Å²) >= 11 is 13.7. The Kier molecular flexibility index (Phi) is 7.83. The van der Waals surface area contributed by atoms with Crippen LogP contribution in [-0.2, 0) is 16.8 Å². The molecule has 4 aromatic rings. The van der Waals surface area contributed by atoms with Gasteiger partial charge in [-0.05, 0) is 35.2 Å². The molecule has 2 aromatic heterocycles. The van der Waals surface area contributed by atoms with Crippen molar-refractivity contribution < 1.29 is 9.59 Å². The molecule has 4 rings (SSSR count). The van der Waals surface area contributed by atoms with Crippen LogP contribution < -0.4 is 5.32 Å². The molecule has 1 N–H and O–H groups in total. The molecule has 9 heteroatoms. The van der Waals surface area contributed by atoms with E-state index >= 15 is 0 Å². The monoisotopic (exact) mass is 540 g/mol. The first-order valence-electron chi connectivity index (χ1n) is 11.3. The highest BCUT2D eigenvalue weighted by Gasteiger charge is 2.24. The van der Waals surface area contributed by atoms with Crippen LogP contribution >= 0.6 is 34.5 Å². The predicted octanol–water partition coefficient (Wildman–Crippen LogP) is 6.82. The van der Waals surface area contributed by atoms with Gasteiger partial charge in [-0.25, -0.2) is 4.68 Å². The van der Waals surface area contributed by atoms with Gasteiger partial charge in [-0.2, -0.15) is 5.10 Å². The van der Waals surface area contributed by atoms with Crippen LogP contribution in [0.3, 0.4) is 0 Å². The Morgan fingerprint density at radius 1 is 1.00 bits per heavy atom. The van der Waals surface area contributed by atoms with Crippen LogP contribution in [0.25, 0.3) is 5.69 Å². The first-order chi connectivity index (χ1) is 17.1. The SMILES string of the molecule is CC(C)(C)c1cc(NC(=O)CN(Cc2ccccc2)C(=O)c2cccs2)n(-c2ccc(Cl)c(Cl)c2)n1. The fourth-order valence-electron chi connectivity index (χ4n) is 3.57. The number of benzene rings is 2. The van der Waals surface area contributed by atoms with Gasteiger partial charge in [0, 0.05) is 18.0 Å². The first kappa shape index (κ1) is 25.9. The Bertz CT molecular complexity index is 1360. The van der Waals surface area contributed by atoms with Gasteiger partial charge in [0.25, 0.3) is 5.91 Å². The van der Waals surface area contributed by atoms with E-state index in [0.29, 0.717) is 33.0 Å². The summed E-state index contributed by atoms with van der Waals surface area (Å²) in [6.45, 7) is 6.32. The summed E-state index contributed by atoms with van der Waals surface area (Å²) < 4.78 is 1.63. The van der Waals surface area contributed by atoms with E-state index in [1.54, 1.807) is 33.8 Å². The molecule has 36 heavy (non-hydrogen) atoms. The number of anilines is 1. The molecule has 0 aliphatic carbocycles. The van der Waals surface area contributed by atoms with Gasteiger partial charge in [0.1, 0.15) is 12.4 Å². The number of carbonyl (C=O) groups excluding carboxylic acids is 2. The summed E-state index contributed by atoms with van der Waals surface area (Å²) in [6, 6.07) is 20.2. The Morgan fingerprint density at radius 3 is 2.39 bits per heavy atom. The molecule has 0 saturated heterocycles. The molecular formula is C27H26Cl2N4O2S. The minimum atomic E-state index is -0.336. The first-order valence-corrected chi connectivity index (χ1v) is 13.0. The van der Waals surface area contributed by atoms with Gasteiger partial charge >= 0.3 is 0 Å². The second-order valence-electron chi connectivity index (χ2n) is 9.35. The molecule has 0 atom stereocenters. The van der Waals surface area contributed by atoms with E-state index in [2.05, 4.69) is 5.32 Å². The number of rotatable bonds is 7. The van der Waals surface area contributed by atoms with Crippen LogP contribution in [0.2, 0.25) is 10.0 Å². The zero-order chi connectivity index (χ0) is 25.9. The van der Waals surface area contributed by atoms with Crippen LogP contribution in [-0.4, -0.2) is 33.0 Å². The minimum absolute atomic E-state index is 0.122. The number of thiophene rings is 1. The Balaban J connectivity index is 1.62. The largest absolute Gasteiger partial charge is 0.324 e. The van der Waals surface area contributed by atoms with Gasteiger partial charge in [0.2, 0.25) is 5.91 Å². The van der Waals surface area contributed by atoms with Crippen molar-refractivity contribution in [2.45, 2.75) is 32.7 Å². The number of carbonyl (C=O) groups is 2. The molecule has 2 heterocycles. The topological polar surface area (TPSA) is 67.2 Å². The second kappa shape index (κ2) is 10.9. The van der Waals surface area contributed by atoms with E-state index in [4.69, 9.17) is 28.3 Å². The van der Waals surface area contributed by atoms with Gasteiger partial charge in [-0.15, -0.1) is 11.3 Å². The van der Waals surface area contributed by atoms with Crippen molar-refractivity contribution in [1.29, 1.82) is 0 Å². The van der Waals surface area contributed by atoms with E-state index in [0.717, 1.165) is 11.3 Å². The Labute approximate surface area is 224 Å². The zero-order valence-electron chi connectivity index (χ0n) is 20.2. The summed E-state index contributed by atoms with van der Waals surface area (Å²) in [5.41, 5.74) is 2.13. The maximum atomic E-state index is 13.3. The normalized spacial score (nSPS) is 11.4. The third-order valence-electron chi connectivity index (χ3n) is 5.46. The third kappa shape index (κ3) is 6.16. The molecule has 0 fully saturated rings. The van der Waals surface area contributed by atoms with E-state index in [1.165, 1.54) is 11.3 Å². The van der Waals surface area contributed by atoms with Gasteiger partial charge < -0.3 is 10.2 Å². The average molecular weight is 542 g/mol. The fraction of sp³-hybridized carbons (Fsp3) is 0.222. The molecular weight excluding hydrogens is 515 g/mol. The molecule has 6 nitrogen and oxygen atoms in total. The number of aromatic nitrogens is 2. The maximum Gasteiger partial charge on any atom is 0.264 e. The lowest BCUT2D eigenvalue weighted by Crippen LogP contribution is -2.37. The molecule has 0 spiro atoms. The number of halogens is 2. The molecule has 2 aromatic carbocycles. The van der Waals surface area contributed by atoms with Crippen LogP contribution in [0.5, 0.6) is 0 Å². The predicted molar refractivity (Wildman–Crippen MR) is 146 cm³/mol. The fourth-order valence-corrected chi connectivity index (χ4v) is 4.55. The van der Waals surface area contributed by atoms with Crippen molar-refractivity contribution >= 4 is 52.2 Å². The number of nitrogens with one attached hydrogen (secondary N) is 1. The van der Waals surface area contributed by atoms with E-state index in [-0.39, 0.29) is 23.8 Å². The van der Waals surface area contributed by atoms with E-state index in [1.807, 2.05) is 68.6 Å². The summed E-state index contributed by atoms with van der Waals surface area (Å²) in [5, 5.41) is 10.3. The van der Waals surface area contributed by atoms with Crippen molar-refractivity contribution in [3.8, 4) is 5.69 Å². The van der Waals surface area contributed by atoms with Crippen molar-refractivity contribution in [3.05, 3.63) is 98.3 Å². The van der Waals surface area contributed by atoms with Crippen LogP contribution in [0, 0.1) is 0 Å². The zero-order valence-corrected chi connectivity index (χ0v) is 22.5. The molecule has 0 radical (unpaired) electrons. The Hall–Kier alpha value is -3.13. The van der Waals surface area contributed by atoms with E-state index in [9.17, 15) is 9.59 Å². The lowest BCUT2D eigenvalue weighted by Gasteiger charge is -2.22. The standard InChI is InChI=1S/C27H26Cl2N4O2S/c1-27(2,3)23-15-24(33(31-23)19-11-12-20(28)21(29)14-19)30-25(34)17-32(16-18-8-5-4-6-9-18)26(35)22-10-7-13-36-22/h4-15H,16-17H2,1-3H3,(H,30,34). The highest BCUT2D eigenvalue weighted by atomic mass is 35.5. The van der Waals surface area contributed by atoms with Crippen molar-refractivity contribution in [1.82, 2.24) is 14.7 Å². The Morgan fingerprint density at radius 2 is 1.75 bits per heavy atom. The highest BCUT2D eigenvalue weighted by molar-refractivity contribution is 7.12. The number of hydrogen-bond donors (Lipinski definition) is 1. The lowest BCUT2D eigenvalue weighted by atomic mass is 9.92. The van der Waals surface area contributed by atoms with E-state index < -0.39 is 0 Å². The second-order valence-corrected chi connectivity index (χ2v) is 11.1. The molecule has 0 saturated carbocycles. The average Bonchev–Trinajstić information content (AvgIpc) is 3.51. The summed E-state index contributed by atoms with van der Waals surface area (Å²) in [5.74, 6) is -0.0542. The number of amides is 2. The van der Waals surface area contributed by atoms with Crippen molar-refractivity contribution in [2.75, 3.05) is 11.9 Å². The number of hydrogen-bond acceptors (Lipinski definition) is 4. The van der Waals surface area contributed by atoms with Gasteiger partial charge in [-0.3, -0.25) is 9.59 Å². The van der Waals surface area contributed by atoms with Crippen molar-refractivity contribution in [3.63, 3.8) is 0 Å². The molecule has 0 unspecified atom stereocenters. The number of nitrogens with zero attached hydrogens (tertiary/aromatic N) is 3. The van der Waals surface area contributed by atoms with Crippen molar-refractivity contribution in [2.24, 2.45) is 0 Å².